The molecule has 0 radical (unpaired) electrons. The summed E-state index contributed by atoms with van der Waals surface area (Å²) in [7, 11) is 0. The molecule has 6 heteroatoms. The number of hydrogen-bond acceptors (Lipinski definition) is 3. The molecule has 0 saturated heterocycles. The summed E-state index contributed by atoms with van der Waals surface area (Å²) in [4.78, 5) is 15.0. The number of hydrogen-bond donors (Lipinski definition) is 0. The molecule has 0 atom stereocenters. The van der Waals surface area contributed by atoms with E-state index in [1.165, 1.54) is 12.1 Å². The average molecular weight is 355 g/mol. The first-order valence-corrected chi connectivity index (χ1v) is 9.20. The molecule has 1 aliphatic carbocycles. The van der Waals surface area contributed by atoms with E-state index in [4.69, 9.17) is 0 Å². The molecule has 0 aliphatic heterocycles. The van der Waals surface area contributed by atoms with E-state index in [1.807, 2.05) is 17.2 Å². The SMILES string of the molecule is Cc1c(C(=O)N(Cc2ccsc2)C2CC2)cnn1-c1ccc(F)cc1. The van der Waals surface area contributed by atoms with E-state index in [0.29, 0.717) is 18.2 Å². The number of amides is 1. The van der Waals surface area contributed by atoms with Gasteiger partial charge in [-0.3, -0.25) is 4.79 Å². The van der Waals surface area contributed by atoms with E-state index in [1.54, 1.807) is 34.3 Å². The highest BCUT2D eigenvalue weighted by atomic mass is 32.1. The highest BCUT2D eigenvalue weighted by Gasteiger charge is 2.34. The molecule has 0 spiro atoms. The third-order valence-electron chi connectivity index (χ3n) is 4.49. The van der Waals surface area contributed by atoms with Crippen LogP contribution < -0.4 is 0 Å². The summed E-state index contributed by atoms with van der Waals surface area (Å²) in [6.07, 6.45) is 3.73. The number of nitrogens with zero attached hydrogens (tertiary/aromatic N) is 3. The lowest BCUT2D eigenvalue weighted by molar-refractivity contribution is 0.0729. The summed E-state index contributed by atoms with van der Waals surface area (Å²) in [5.41, 5.74) is 3.28. The van der Waals surface area contributed by atoms with Gasteiger partial charge in [0, 0.05) is 12.6 Å². The Kier molecular flexibility index (Phi) is 4.13. The van der Waals surface area contributed by atoms with Crippen molar-refractivity contribution in [2.45, 2.75) is 32.4 Å². The molecule has 1 aromatic carbocycles. The number of thiophene rings is 1. The molecule has 0 N–H and O–H groups in total. The summed E-state index contributed by atoms with van der Waals surface area (Å²) in [6, 6.07) is 8.49. The Morgan fingerprint density at radius 2 is 2.08 bits per heavy atom. The summed E-state index contributed by atoms with van der Waals surface area (Å²) >= 11 is 1.64. The summed E-state index contributed by atoms with van der Waals surface area (Å²) in [5.74, 6) is -0.278. The predicted octanol–water partition coefficient (Wildman–Crippen LogP) is 4.19. The van der Waals surface area contributed by atoms with Crippen LogP contribution >= 0.6 is 11.3 Å². The minimum atomic E-state index is -0.291. The standard InChI is InChI=1S/C19H18FN3OS/c1-13-18(10-21-23(13)17-4-2-15(20)3-5-17)19(24)22(16-6-7-16)11-14-8-9-25-12-14/h2-5,8-10,12,16H,6-7,11H2,1H3. The van der Waals surface area contributed by atoms with E-state index >= 15 is 0 Å². The number of aromatic nitrogens is 2. The summed E-state index contributed by atoms with van der Waals surface area (Å²) in [6.45, 7) is 2.51. The molecule has 1 saturated carbocycles. The van der Waals surface area contributed by atoms with Gasteiger partial charge in [0.2, 0.25) is 0 Å². The van der Waals surface area contributed by atoms with Gasteiger partial charge in [0.25, 0.3) is 5.91 Å². The number of carbonyl (C=O) groups is 1. The van der Waals surface area contributed by atoms with Crippen molar-refractivity contribution in [1.29, 1.82) is 0 Å². The zero-order valence-corrected chi connectivity index (χ0v) is 14.7. The largest absolute Gasteiger partial charge is 0.331 e. The Bertz CT molecular complexity index is 882. The number of benzene rings is 1. The lowest BCUT2D eigenvalue weighted by atomic mass is 10.2. The van der Waals surface area contributed by atoms with Crippen LogP contribution in [0.5, 0.6) is 0 Å². The van der Waals surface area contributed by atoms with Crippen molar-refractivity contribution in [3.8, 4) is 5.69 Å². The van der Waals surface area contributed by atoms with Gasteiger partial charge in [-0.15, -0.1) is 0 Å². The maximum Gasteiger partial charge on any atom is 0.257 e. The third kappa shape index (κ3) is 3.22. The minimum absolute atomic E-state index is 0.0135. The maximum atomic E-state index is 13.1. The molecular formula is C19H18FN3OS. The molecule has 0 bridgehead atoms. The maximum absolute atomic E-state index is 13.1. The van der Waals surface area contributed by atoms with Crippen molar-refractivity contribution in [2.24, 2.45) is 0 Å². The second-order valence-corrected chi connectivity index (χ2v) is 7.11. The third-order valence-corrected chi connectivity index (χ3v) is 5.22. The van der Waals surface area contributed by atoms with Crippen LogP contribution in [0, 0.1) is 12.7 Å². The highest BCUT2D eigenvalue weighted by Crippen LogP contribution is 2.31. The fraction of sp³-hybridized carbons (Fsp3) is 0.263. The molecule has 1 fully saturated rings. The van der Waals surface area contributed by atoms with Crippen LogP contribution in [0.3, 0.4) is 0 Å². The van der Waals surface area contributed by atoms with Crippen LogP contribution in [-0.2, 0) is 6.54 Å². The van der Waals surface area contributed by atoms with Gasteiger partial charge in [-0.25, -0.2) is 9.07 Å². The van der Waals surface area contributed by atoms with E-state index in [2.05, 4.69) is 16.5 Å². The zero-order chi connectivity index (χ0) is 17.4. The minimum Gasteiger partial charge on any atom is -0.331 e. The number of halogens is 1. The first-order chi connectivity index (χ1) is 12.1. The molecular weight excluding hydrogens is 337 g/mol. The second-order valence-electron chi connectivity index (χ2n) is 6.33. The van der Waals surface area contributed by atoms with Crippen LogP contribution in [0.1, 0.15) is 34.5 Å². The molecule has 4 rings (SSSR count). The molecule has 3 aromatic rings. The van der Waals surface area contributed by atoms with E-state index in [-0.39, 0.29) is 11.7 Å². The van der Waals surface area contributed by atoms with E-state index in [0.717, 1.165) is 29.8 Å². The van der Waals surface area contributed by atoms with Gasteiger partial charge in [0.15, 0.2) is 0 Å². The van der Waals surface area contributed by atoms with Crippen molar-refractivity contribution in [2.75, 3.05) is 0 Å². The molecule has 2 aromatic heterocycles. The first-order valence-electron chi connectivity index (χ1n) is 8.26. The molecule has 128 valence electrons. The van der Waals surface area contributed by atoms with Gasteiger partial charge in [-0.1, -0.05) is 0 Å². The monoisotopic (exact) mass is 355 g/mol. The fourth-order valence-electron chi connectivity index (χ4n) is 2.95. The zero-order valence-electron chi connectivity index (χ0n) is 13.9. The fourth-order valence-corrected chi connectivity index (χ4v) is 3.61. The highest BCUT2D eigenvalue weighted by molar-refractivity contribution is 7.07. The molecule has 0 unspecified atom stereocenters. The Balaban J connectivity index is 1.62. The van der Waals surface area contributed by atoms with Gasteiger partial charge >= 0.3 is 0 Å². The van der Waals surface area contributed by atoms with Crippen LogP contribution in [0.2, 0.25) is 0 Å². The smallest absolute Gasteiger partial charge is 0.257 e. The van der Waals surface area contributed by atoms with Gasteiger partial charge in [-0.05, 0) is 66.4 Å². The topological polar surface area (TPSA) is 38.1 Å². The van der Waals surface area contributed by atoms with Crippen LogP contribution in [-0.4, -0.2) is 26.6 Å². The van der Waals surface area contributed by atoms with Crippen molar-refractivity contribution in [3.05, 3.63) is 69.9 Å². The van der Waals surface area contributed by atoms with Crippen LogP contribution in [0.15, 0.2) is 47.3 Å². The summed E-state index contributed by atoms with van der Waals surface area (Å²) in [5, 5.41) is 8.46. The molecule has 1 aliphatic rings. The van der Waals surface area contributed by atoms with Crippen molar-refractivity contribution >= 4 is 17.2 Å². The van der Waals surface area contributed by atoms with Gasteiger partial charge in [0.05, 0.1) is 23.1 Å². The predicted molar refractivity (Wildman–Crippen MR) is 95.5 cm³/mol. The van der Waals surface area contributed by atoms with E-state index in [9.17, 15) is 9.18 Å². The van der Waals surface area contributed by atoms with Gasteiger partial charge < -0.3 is 4.90 Å². The molecule has 4 nitrogen and oxygen atoms in total. The number of rotatable bonds is 5. The summed E-state index contributed by atoms with van der Waals surface area (Å²) < 4.78 is 14.8. The normalized spacial score (nSPS) is 13.8. The van der Waals surface area contributed by atoms with Crippen LogP contribution in [0.4, 0.5) is 4.39 Å². The number of carbonyl (C=O) groups excluding carboxylic acids is 1. The molecule has 25 heavy (non-hydrogen) atoms. The Hall–Kier alpha value is -2.47. The quantitative estimate of drug-likeness (QED) is 0.688. The Labute approximate surface area is 149 Å². The lowest BCUT2D eigenvalue weighted by Crippen LogP contribution is -2.32. The van der Waals surface area contributed by atoms with Gasteiger partial charge in [0.1, 0.15) is 5.82 Å². The second kappa shape index (κ2) is 6.44. The van der Waals surface area contributed by atoms with E-state index < -0.39 is 0 Å². The Morgan fingerprint density at radius 3 is 2.72 bits per heavy atom. The molecule has 1 amide bonds. The lowest BCUT2D eigenvalue weighted by Gasteiger charge is -2.22. The van der Waals surface area contributed by atoms with Crippen molar-refractivity contribution in [1.82, 2.24) is 14.7 Å². The van der Waals surface area contributed by atoms with Gasteiger partial charge in [-0.2, -0.15) is 16.4 Å². The molecule has 2 heterocycles. The Morgan fingerprint density at radius 1 is 1.32 bits per heavy atom. The average Bonchev–Trinajstić information content (AvgIpc) is 3.18. The first kappa shape index (κ1) is 16.0. The van der Waals surface area contributed by atoms with Crippen molar-refractivity contribution in [3.63, 3.8) is 0 Å². The van der Waals surface area contributed by atoms with Crippen LogP contribution in [0.25, 0.3) is 5.69 Å². The van der Waals surface area contributed by atoms with Crippen molar-refractivity contribution < 1.29 is 9.18 Å².